The molecule has 6 nitrogen and oxygen atoms in total. The van der Waals surface area contributed by atoms with Gasteiger partial charge in [0.25, 0.3) is 11.5 Å². The lowest BCUT2D eigenvalue weighted by Gasteiger charge is -2.22. The third-order valence-electron chi connectivity index (χ3n) is 6.03. The van der Waals surface area contributed by atoms with E-state index in [4.69, 9.17) is 5.10 Å². The van der Waals surface area contributed by atoms with E-state index in [1.54, 1.807) is 6.07 Å². The van der Waals surface area contributed by atoms with E-state index in [0.29, 0.717) is 12.1 Å². The van der Waals surface area contributed by atoms with Gasteiger partial charge in [0.2, 0.25) is 0 Å². The summed E-state index contributed by atoms with van der Waals surface area (Å²) in [6, 6.07) is 28.5. The summed E-state index contributed by atoms with van der Waals surface area (Å²) in [6.45, 7) is 1.84. The normalized spacial score (nSPS) is 15.2. The molecular formula is C28H23BrN4O2. The number of aryl methyl sites for hydroxylation is 1. The van der Waals surface area contributed by atoms with Gasteiger partial charge in [-0.3, -0.25) is 9.59 Å². The molecule has 35 heavy (non-hydrogen) atoms. The Bertz CT molecular complexity index is 1450. The highest BCUT2D eigenvalue weighted by molar-refractivity contribution is 9.10. The molecule has 0 fully saturated rings. The predicted octanol–water partition coefficient (Wildman–Crippen LogP) is 5.36. The van der Waals surface area contributed by atoms with E-state index >= 15 is 0 Å². The highest BCUT2D eigenvalue weighted by Crippen LogP contribution is 2.33. The molecule has 5 rings (SSSR count). The van der Waals surface area contributed by atoms with Gasteiger partial charge in [0.1, 0.15) is 6.54 Å². The quantitative estimate of drug-likeness (QED) is 0.351. The van der Waals surface area contributed by atoms with Gasteiger partial charge in [0.05, 0.1) is 17.4 Å². The SMILES string of the molecule is Cc1ccc(C2CC(c3ccc(Br)cc3)=NN2C(=O)Cn2nc(-c3ccccc3)ccc2=O)cc1. The Morgan fingerprint density at radius 2 is 1.63 bits per heavy atom. The first-order valence-corrected chi connectivity index (χ1v) is 12.1. The molecule has 2 heterocycles. The molecule has 7 heteroatoms. The van der Waals surface area contributed by atoms with Gasteiger partial charge in [-0.25, -0.2) is 9.69 Å². The molecule has 1 aliphatic rings. The zero-order valence-electron chi connectivity index (χ0n) is 19.1. The van der Waals surface area contributed by atoms with Gasteiger partial charge in [-0.15, -0.1) is 0 Å². The van der Waals surface area contributed by atoms with Crippen LogP contribution in [0.1, 0.15) is 29.2 Å². The van der Waals surface area contributed by atoms with Gasteiger partial charge in [0, 0.05) is 22.5 Å². The first kappa shape index (κ1) is 22.9. The van der Waals surface area contributed by atoms with Crippen LogP contribution >= 0.6 is 15.9 Å². The predicted molar refractivity (Wildman–Crippen MR) is 140 cm³/mol. The van der Waals surface area contributed by atoms with E-state index in [1.807, 2.05) is 85.8 Å². The van der Waals surface area contributed by atoms with Crippen LogP contribution in [-0.2, 0) is 11.3 Å². The van der Waals surface area contributed by atoms with Crippen molar-refractivity contribution in [2.75, 3.05) is 0 Å². The lowest BCUT2D eigenvalue weighted by molar-refractivity contribution is -0.133. The van der Waals surface area contributed by atoms with Crippen molar-refractivity contribution in [1.82, 2.24) is 14.8 Å². The fraction of sp³-hybridized carbons (Fsp3) is 0.143. The maximum atomic E-state index is 13.5. The molecule has 174 valence electrons. The zero-order valence-corrected chi connectivity index (χ0v) is 20.7. The molecule has 0 radical (unpaired) electrons. The van der Waals surface area contributed by atoms with Crippen LogP contribution in [0.4, 0.5) is 0 Å². The summed E-state index contributed by atoms with van der Waals surface area (Å²) in [4.78, 5) is 26.1. The number of carbonyl (C=O) groups excluding carboxylic acids is 1. The van der Waals surface area contributed by atoms with Crippen molar-refractivity contribution in [3.8, 4) is 11.3 Å². The van der Waals surface area contributed by atoms with Crippen molar-refractivity contribution in [3.63, 3.8) is 0 Å². The van der Waals surface area contributed by atoms with E-state index in [0.717, 1.165) is 32.4 Å². The Kier molecular flexibility index (Phi) is 6.42. The molecule has 1 amide bonds. The molecule has 1 aliphatic heterocycles. The molecule has 0 N–H and O–H groups in total. The van der Waals surface area contributed by atoms with Crippen LogP contribution in [0.15, 0.2) is 105 Å². The topological polar surface area (TPSA) is 67.6 Å². The number of aromatic nitrogens is 2. The van der Waals surface area contributed by atoms with Crippen molar-refractivity contribution in [1.29, 1.82) is 0 Å². The summed E-state index contributed by atoms with van der Waals surface area (Å²) in [7, 11) is 0. The van der Waals surface area contributed by atoms with Crippen LogP contribution in [0.25, 0.3) is 11.3 Å². The molecule has 1 atom stereocenters. The van der Waals surface area contributed by atoms with Gasteiger partial charge in [-0.2, -0.15) is 10.2 Å². The zero-order chi connectivity index (χ0) is 24.4. The lowest BCUT2D eigenvalue weighted by Crippen LogP contribution is -2.34. The number of benzene rings is 3. The monoisotopic (exact) mass is 526 g/mol. The molecule has 0 bridgehead atoms. The number of hydrazone groups is 1. The summed E-state index contributed by atoms with van der Waals surface area (Å²) in [5.74, 6) is -0.289. The van der Waals surface area contributed by atoms with Crippen molar-refractivity contribution in [3.05, 3.63) is 123 Å². The van der Waals surface area contributed by atoms with Crippen LogP contribution in [0.2, 0.25) is 0 Å². The molecule has 0 spiro atoms. The molecule has 1 aromatic heterocycles. The number of halogens is 1. The number of amides is 1. The summed E-state index contributed by atoms with van der Waals surface area (Å²) in [5.41, 5.74) is 5.11. The minimum absolute atomic E-state index is 0.195. The van der Waals surface area contributed by atoms with Gasteiger partial charge in [0.15, 0.2) is 0 Å². The van der Waals surface area contributed by atoms with E-state index in [-0.39, 0.29) is 24.1 Å². The summed E-state index contributed by atoms with van der Waals surface area (Å²) >= 11 is 3.47. The standard InChI is InChI=1S/C28H23BrN4O2/c1-19-7-9-22(10-8-19)26-17-25(21-11-13-23(29)14-12-21)31-33(26)28(35)18-32-27(34)16-15-24(30-32)20-5-3-2-4-6-20/h2-16,26H,17-18H2,1H3. The molecule has 1 unspecified atom stereocenters. The minimum atomic E-state index is -0.332. The highest BCUT2D eigenvalue weighted by Gasteiger charge is 2.33. The molecule has 0 saturated heterocycles. The molecule has 0 saturated carbocycles. The summed E-state index contributed by atoms with van der Waals surface area (Å²) in [6.07, 6.45) is 0.586. The van der Waals surface area contributed by atoms with Gasteiger partial charge >= 0.3 is 0 Å². The molecule has 3 aromatic carbocycles. The Balaban J connectivity index is 1.47. The van der Waals surface area contributed by atoms with Crippen molar-refractivity contribution >= 4 is 27.5 Å². The van der Waals surface area contributed by atoms with Crippen LogP contribution in [0.3, 0.4) is 0 Å². The van der Waals surface area contributed by atoms with Crippen LogP contribution in [-0.4, -0.2) is 26.4 Å². The number of rotatable bonds is 5. The smallest absolute Gasteiger partial charge is 0.267 e. The van der Waals surface area contributed by atoms with Crippen LogP contribution in [0.5, 0.6) is 0 Å². The number of carbonyl (C=O) groups is 1. The Hall–Kier alpha value is -3.84. The number of hydrogen-bond acceptors (Lipinski definition) is 4. The van der Waals surface area contributed by atoms with E-state index in [9.17, 15) is 9.59 Å². The third kappa shape index (κ3) is 5.00. The van der Waals surface area contributed by atoms with Gasteiger partial charge < -0.3 is 0 Å². The Labute approximate surface area is 211 Å². The molecule has 4 aromatic rings. The number of hydrogen-bond donors (Lipinski definition) is 0. The van der Waals surface area contributed by atoms with Gasteiger partial charge in [-0.1, -0.05) is 88.2 Å². The van der Waals surface area contributed by atoms with E-state index in [2.05, 4.69) is 21.0 Å². The van der Waals surface area contributed by atoms with Crippen molar-refractivity contribution in [2.24, 2.45) is 5.10 Å². The van der Waals surface area contributed by atoms with Crippen LogP contribution in [0, 0.1) is 6.92 Å². The second-order valence-electron chi connectivity index (χ2n) is 8.50. The average molecular weight is 527 g/mol. The second-order valence-corrected chi connectivity index (χ2v) is 9.42. The fourth-order valence-corrected chi connectivity index (χ4v) is 4.40. The lowest BCUT2D eigenvalue weighted by atomic mass is 9.98. The number of nitrogens with zero attached hydrogens (tertiary/aromatic N) is 4. The summed E-state index contributed by atoms with van der Waals surface area (Å²) in [5, 5.41) is 10.7. The average Bonchev–Trinajstić information content (AvgIpc) is 3.32. The highest BCUT2D eigenvalue weighted by atomic mass is 79.9. The summed E-state index contributed by atoms with van der Waals surface area (Å²) < 4.78 is 2.19. The van der Waals surface area contributed by atoms with Gasteiger partial charge in [-0.05, 0) is 36.2 Å². The van der Waals surface area contributed by atoms with E-state index in [1.165, 1.54) is 15.8 Å². The maximum Gasteiger partial charge on any atom is 0.267 e. The Morgan fingerprint density at radius 3 is 2.34 bits per heavy atom. The molecule has 0 aliphatic carbocycles. The molecular weight excluding hydrogens is 504 g/mol. The first-order chi connectivity index (χ1) is 17.0. The second kappa shape index (κ2) is 9.80. The van der Waals surface area contributed by atoms with Crippen molar-refractivity contribution in [2.45, 2.75) is 25.9 Å². The third-order valence-corrected chi connectivity index (χ3v) is 6.56. The minimum Gasteiger partial charge on any atom is -0.271 e. The van der Waals surface area contributed by atoms with Crippen molar-refractivity contribution < 1.29 is 4.79 Å². The largest absolute Gasteiger partial charge is 0.271 e. The first-order valence-electron chi connectivity index (χ1n) is 11.3. The fourth-order valence-electron chi connectivity index (χ4n) is 4.13. The van der Waals surface area contributed by atoms with Crippen LogP contribution < -0.4 is 5.56 Å². The maximum absolute atomic E-state index is 13.5. The van der Waals surface area contributed by atoms with E-state index < -0.39 is 0 Å². The Morgan fingerprint density at radius 1 is 0.914 bits per heavy atom.